The number of rotatable bonds is 7. The summed E-state index contributed by atoms with van der Waals surface area (Å²) in [6.07, 6.45) is 1.38. The molecule has 0 saturated heterocycles. The van der Waals surface area contributed by atoms with E-state index in [-0.39, 0.29) is 10.2 Å². The van der Waals surface area contributed by atoms with E-state index in [1.165, 1.54) is 16.5 Å². The molecule has 0 unspecified atom stereocenters. The van der Waals surface area contributed by atoms with Gasteiger partial charge in [-0.1, -0.05) is 41.9 Å². The summed E-state index contributed by atoms with van der Waals surface area (Å²) in [4.78, 5) is 3.81. The maximum atomic E-state index is 12.0. The first-order valence-electron chi connectivity index (χ1n) is 6.29. The lowest BCUT2D eigenvalue weighted by Gasteiger charge is -2.05. The van der Waals surface area contributed by atoms with Crippen LogP contribution in [0.15, 0.2) is 41.7 Å². The van der Waals surface area contributed by atoms with E-state index in [4.69, 9.17) is 11.6 Å². The molecule has 1 heterocycles. The Morgan fingerprint density at radius 1 is 1.33 bits per heavy atom. The van der Waals surface area contributed by atoms with E-state index in [1.807, 2.05) is 30.3 Å². The normalized spacial score (nSPS) is 11.7. The fourth-order valence-electron chi connectivity index (χ4n) is 1.65. The molecular weight excluding hydrogens is 330 g/mol. The number of nitrogens with zero attached hydrogens (tertiary/aromatic N) is 2. The van der Waals surface area contributed by atoms with Gasteiger partial charge in [0.25, 0.3) is 10.0 Å². The van der Waals surface area contributed by atoms with Crippen LogP contribution >= 0.6 is 23.4 Å². The summed E-state index contributed by atoms with van der Waals surface area (Å²) in [5.74, 6) is 1.53. The molecule has 0 amide bonds. The van der Waals surface area contributed by atoms with Crippen molar-refractivity contribution in [2.75, 3.05) is 12.3 Å². The van der Waals surface area contributed by atoms with Crippen molar-refractivity contribution in [2.24, 2.45) is 7.05 Å². The molecule has 5 nitrogen and oxygen atoms in total. The van der Waals surface area contributed by atoms with E-state index in [9.17, 15) is 8.42 Å². The fraction of sp³-hybridized carbons (Fsp3) is 0.308. The highest BCUT2D eigenvalue weighted by Gasteiger charge is 2.21. The van der Waals surface area contributed by atoms with Crippen molar-refractivity contribution in [3.63, 3.8) is 0 Å². The van der Waals surface area contributed by atoms with Crippen LogP contribution in [0, 0.1) is 0 Å². The molecule has 0 aliphatic carbocycles. The van der Waals surface area contributed by atoms with Crippen molar-refractivity contribution in [1.82, 2.24) is 14.3 Å². The number of aryl methyl sites for hydroxylation is 1. The second kappa shape index (κ2) is 7.31. The zero-order valence-corrected chi connectivity index (χ0v) is 13.9. The molecule has 0 bridgehead atoms. The van der Waals surface area contributed by atoms with E-state index in [0.717, 1.165) is 5.75 Å². The maximum Gasteiger partial charge on any atom is 0.261 e. The van der Waals surface area contributed by atoms with Crippen LogP contribution < -0.4 is 4.72 Å². The second-order valence-corrected chi connectivity index (χ2v) is 7.53. The maximum absolute atomic E-state index is 12.0. The summed E-state index contributed by atoms with van der Waals surface area (Å²) in [5.41, 5.74) is 1.22. The Labute approximate surface area is 133 Å². The lowest BCUT2D eigenvalue weighted by atomic mass is 10.2. The number of thioether (sulfide) groups is 1. The summed E-state index contributed by atoms with van der Waals surface area (Å²) in [6.45, 7) is 0.340. The largest absolute Gasteiger partial charge is 0.324 e. The molecule has 2 aromatic rings. The molecule has 0 fully saturated rings. The number of nitrogens with one attached hydrogen (secondary N) is 1. The summed E-state index contributed by atoms with van der Waals surface area (Å²) in [5, 5.41) is -0.0147. The van der Waals surface area contributed by atoms with Gasteiger partial charge in [-0.3, -0.25) is 0 Å². The van der Waals surface area contributed by atoms with E-state index >= 15 is 0 Å². The van der Waals surface area contributed by atoms with Gasteiger partial charge in [-0.25, -0.2) is 18.1 Å². The zero-order valence-electron chi connectivity index (χ0n) is 11.5. The molecule has 114 valence electrons. The van der Waals surface area contributed by atoms with E-state index in [0.29, 0.717) is 12.3 Å². The van der Waals surface area contributed by atoms with Gasteiger partial charge in [0, 0.05) is 25.1 Å². The van der Waals surface area contributed by atoms with Crippen molar-refractivity contribution in [2.45, 2.75) is 10.8 Å². The Hall–Kier alpha value is -1.02. The Morgan fingerprint density at radius 3 is 2.67 bits per heavy atom. The van der Waals surface area contributed by atoms with Crippen molar-refractivity contribution in [3.8, 4) is 0 Å². The highest BCUT2D eigenvalue weighted by atomic mass is 35.5. The summed E-state index contributed by atoms with van der Waals surface area (Å²) < 4.78 is 28.0. The predicted molar refractivity (Wildman–Crippen MR) is 86.0 cm³/mol. The van der Waals surface area contributed by atoms with Gasteiger partial charge in [-0.15, -0.1) is 0 Å². The molecule has 1 aromatic heterocycles. The molecule has 0 saturated carbocycles. The Morgan fingerprint density at radius 2 is 2.05 bits per heavy atom. The molecular formula is C13H16ClN3O2S2. The fourth-order valence-corrected chi connectivity index (χ4v) is 4.06. The Balaban J connectivity index is 1.79. The van der Waals surface area contributed by atoms with Gasteiger partial charge in [0.2, 0.25) is 5.03 Å². The first kappa shape index (κ1) is 16.4. The van der Waals surface area contributed by atoms with Crippen LogP contribution in [0.2, 0.25) is 5.15 Å². The smallest absolute Gasteiger partial charge is 0.261 e. The van der Waals surface area contributed by atoms with E-state index < -0.39 is 10.0 Å². The van der Waals surface area contributed by atoms with E-state index in [1.54, 1.807) is 18.8 Å². The third-order valence-corrected chi connectivity index (χ3v) is 5.72. The van der Waals surface area contributed by atoms with E-state index in [2.05, 4.69) is 9.71 Å². The first-order valence-corrected chi connectivity index (χ1v) is 9.30. The third kappa shape index (κ3) is 4.47. The average molecular weight is 346 g/mol. The minimum absolute atomic E-state index is 0.111. The molecule has 1 aromatic carbocycles. The predicted octanol–water partition coefficient (Wildman–Crippen LogP) is 2.29. The van der Waals surface area contributed by atoms with Crippen LogP contribution in [0.3, 0.4) is 0 Å². The van der Waals surface area contributed by atoms with Crippen molar-refractivity contribution in [1.29, 1.82) is 0 Å². The number of hydrogen-bond donors (Lipinski definition) is 1. The van der Waals surface area contributed by atoms with Crippen LogP contribution in [0.4, 0.5) is 0 Å². The molecule has 2 rings (SSSR count). The molecule has 1 N–H and O–H groups in total. The molecule has 0 aliphatic heterocycles. The third-order valence-electron chi connectivity index (χ3n) is 2.74. The molecule has 0 atom stereocenters. The van der Waals surface area contributed by atoms with Gasteiger partial charge in [-0.05, 0) is 5.56 Å². The van der Waals surface area contributed by atoms with Crippen LogP contribution in [0.25, 0.3) is 0 Å². The standard InChI is InChI=1S/C13H16ClN3O2S2/c1-17-10-15-13(12(17)14)21(18,19)16-7-8-20-9-11-5-3-2-4-6-11/h2-6,10,16H,7-9H2,1H3. The molecule has 0 aliphatic rings. The number of aromatic nitrogens is 2. The molecule has 0 spiro atoms. The average Bonchev–Trinajstić information content (AvgIpc) is 2.80. The SMILES string of the molecule is Cn1cnc(S(=O)(=O)NCCSCc2ccccc2)c1Cl. The van der Waals surface area contributed by atoms with Crippen LogP contribution in [0.5, 0.6) is 0 Å². The first-order chi connectivity index (χ1) is 10.0. The van der Waals surface area contributed by atoms with Crippen LogP contribution in [-0.4, -0.2) is 30.3 Å². The van der Waals surface area contributed by atoms with Gasteiger partial charge in [-0.2, -0.15) is 11.8 Å². The Bertz CT molecular complexity index is 687. The topological polar surface area (TPSA) is 64.0 Å². The van der Waals surface area contributed by atoms with Gasteiger partial charge in [0.15, 0.2) is 0 Å². The van der Waals surface area contributed by atoms with Gasteiger partial charge >= 0.3 is 0 Å². The summed E-state index contributed by atoms with van der Waals surface area (Å²) >= 11 is 7.56. The minimum atomic E-state index is -3.64. The van der Waals surface area contributed by atoms with Gasteiger partial charge in [0.1, 0.15) is 5.15 Å². The van der Waals surface area contributed by atoms with Crippen LogP contribution in [0.1, 0.15) is 5.56 Å². The van der Waals surface area contributed by atoms with Crippen molar-refractivity contribution >= 4 is 33.4 Å². The minimum Gasteiger partial charge on any atom is -0.324 e. The van der Waals surface area contributed by atoms with Crippen molar-refractivity contribution < 1.29 is 8.42 Å². The summed E-state index contributed by atoms with van der Waals surface area (Å²) in [6, 6.07) is 10.0. The highest BCUT2D eigenvalue weighted by Crippen LogP contribution is 2.18. The lowest BCUT2D eigenvalue weighted by molar-refractivity contribution is 0.581. The Kier molecular flexibility index (Phi) is 5.69. The molecule has 21 heavy (non-hydrogen) atoms. The monoisotopic (exact) mass is 345 g/mol. The van der Waals surface area contributed by atoms with Gasteiger partial charge in [0.05, 0.1) is 6.33 Å². The number of halogens is 1. The number of benzene rings is 1. The quantitative estimate of drug-likeness (QED) is 0.782. The number of imidazole rings is 1. The number of sulfonamides is 1. The lowest BCUT2D eigenvalue weighted by Crippen LogP contribution is -2.26. The molecule has 0 radical (unpaired) electrons. The van der Waals surface area contributed by atoms with Crippen LogP contribution in [-0.2, 0) is 22.8 Å². The zero-order chi connectivity index (χ0) is 15.3. The van der Waals surface area contributed by atoms with Gasteiger partial charge < -0.3 is 4.57 Å². The summed E-state index contributed by atoms with van der Waals surface area (Å²) in [7, 11) is -2.00. The van der Waals surface area contributed by atoms with Crippen molar-refractivity contribution in [3.05, 3.63) is 47.4 Å². The number of hydrogen-bond acceptors (Lipinski definition) is 4. The highest BCUT2D eigenvalue weighted by molar-refractivity contribution is 7.98. The second-order valence-electron chi connectivity index (χ2n) is 4.39. The molecule has 8 heteroatoms.